The molecule has 0 radical (unpaired) electrons. The van der Waals surface area contributed by atoms with Gasteiger partial charge in [-0.2, -0.15) is 11.8 Å². The lowest BCUT2D eigenvalue weighted by Gasteiger charge is -2.28. The molecule has 2 rings (SSSR count). The summed E-state index contributed by atoms with van der Waals surface area (Å²) in [5, 5.41) is 52.6. The summed E-state index contributed by atoms with van der Waals surface area (Å²) in [5.74, 6) is -10.1. The van der Waals surface area contributed by atoms with Gasteiger partial charge in [-0.1, -0.05) is 58.0 Å². The quantitative estimate of drug-likeness (QED) is 0.0227. The summed E-state index contributed by atoms with van der Waals surface area (Å²) >= 11 is 1.50. The number of benzene rings is 1. The second-order valence-electron chi connectivity index (χ2n) is 19.3. The van der Waals surface area contributed by atoms with Crippen molar-refractivity contribution >= 4 is 77.2 Å². The van der Waals surface area contributed by atoms with Crippen molar-refractivity contribution in [2.24, 2.45) is 23.3 Å². The number of aliphatic hydroxyl groups is 2. The molecule has 1 heterocycles. The Labute approximate surface area is 457 Å². The fourth-order valence-electron chi connectivity index (χ4n) is 7.59. The van der Waals surface area contributed by atoms with Crippen LogP contribution in [-0.4, -0.2) is 183 Å². The molecule has 0 saturated carbocycles. The molecule has 0 spiro atoms. The van der Waals surface area contributed by atoms with E-state index in [1.807, 2.05) is 20.1 Å². The van der Waals surface area contributed by atoms with Crippen LogP contribution >= 0.6 is 11.8 Å². The first-order valence-corrected chi connectivity index (χ1v) is 27.0. The first-order valence-electron chi connectivity index (χ1n) is 25.6. The van der Waals surface area contributed by atoms with Crippen molar-refractivity contribution in [3.05, 3.63) is 54.1 Å². The van der Waals surface area contributed by atoms with Gasteiger partial charge in [0.25, 0.3) is 0 Å². The monoisotopic (exact) mass is 1120 g/mol. The van der Waals surface area contributed by atoms with Crippen molar-refractivity contribution in [2.45, 2.75) is 146 Å². The summed E-state index contributed by atoms with van der Waals surface area (Å²) in [5.41, 5.74) is 12.8. The minimum absolute atomic E-state index is 0.0315. The third-order valence-electron chi connectivity index (χ3n) is 11.9. The van der Waals surface area contributed by atoms with Crippen molar-refractivity contribution in [2.75, 3.05) is 31.7 Å². The summed E-state index contributed by atoms with van der Waals surface area (Å²) in [7, 11) is 0. The van der Waals surface area contributed by atoms with E-state index in [1.165, 1.54) is 24.3 Å². The van der Waals surface area contributed by atoms with Crippen LogP contribution in [0.25, 0.3) is 0 Å². The number of thioether (sulfide) groups is 1. The number of imidazole rings is 1. The van der Waals surface area contributed by atoms with E-state index in [-0.39, 0.29) is 38.1 Å². The molecular weight excluding hydrogens is 1040 g/mol. The number of rotatable bonds is 37. The minimum Gasteiger partial charge on any atom is -0.481 e. The topological polar surface area (TPSA) is 437 Å². The smallest absolute Gasteiger partial charge is 0.305 e. The van der Waals surface area contributed by atoms with Gasteiger partial charge in [-0.3, -0.25) is 47.9 Å². The molecule has 0 aliphatic rings. The molecule has 28 heteroatoms. The number of carboxylic acids is 1. The van der Waals surface area contributed by atoms with Gasteiger partial charge in [-0.05, 0) is 75.0 Å². The summed E-state index contributed by atoms with van der Waals surface area (Å²) in [6.07, 6.45) is 3.85. The molecule has 27 nitrogen and oxygen atoms in total. The number of nitrogens with two attached hydrogens (primary N) is 2. The van der Waals surface area contributed by atoms with Crippen LogP contribution in [0.15, 0.2) is 42.9 Å². The highest BCUT2D eigenvalue weighted by atomic mass is 32.2. The van der Waals surface area contributed by atoms with Gasteiger partial charge in [0.2, 0.25) is 53.2 Å². The number of carbonyl (C=O) groups is 11. The zero-order chi connectivity index (χ0) is 58.5. The summed E-state index contributed by atoms with van der Waals surface area (Å²) < 4.78 is 0. The normalized spacial score (nSPS) is 15.0. The highest BCUT2D eigenvalue weighted by Crippen LogP contribution is 2.11. The number of nitrogens with zero attached hydrogens (tertiary/aromatic N) is 1. The number of carbonyl (C=O) groups excluding carboxylic acids is 10. The van der Waals surface area contributed by atoms with Crippen LogP contribution in [0.2, 0.25) is 0 Å². The molecule has 1 aromatic heterocycles. The number of amides is 9. The number of hydrogen-bond donors (Lipinski definition) is 15. The number of carboxylic acid groups (broad SMARTS) is 1. The Morgan fingerprint density at radius 2 is 1.28 bits per heavy atom. The fourth-order valence-corrected chi connectivity index (χ4v) is 8.08. The molecule has 434 valence electrons. The van der Waals surface area contributed by atoms with E-state index in [0.29, 0.717) is 42.6 Å². The second kappa shape index (κ2) is 35.4. The van der Waals surface area contributed by atoms with Crippen LogP contribution in [0.5, 0.6) is 0 Å². The minimum atomic E-state index is -1.99. The average Bonchev–Trinajstić information content (AvgIpc) is 3.90. The first-order chi connectivity index (χ1) is 36.9. The number of aromatic nitrogens is 2. The zero-order valence-electron chi connectivity index (χ0n) is 44.9. The van der Waals surface area contributed by atoms with Crippen LogP contribution < -0.4 is 59.3 Å². The highest BCUT2D eigenvalue weighted by Gasteiger charge is 2.36. The van der Waals surface area contributed by atoms with Crippen LogP contribution in [-0.2, 0) is 65.6 Å². The number of aldehydes is 1. The largest absolute Gasteiger partial charge is 0.481 e. The van der Waals surface area contributed by atoms with Gasteiger partial charge in [0.15, 0.2) is 0 Å². The Hall–Kier alpha value is -7.01. The van der Waals surface area contributed by atoms with Crippen molar-refractivity contribution < 1.29 is 68.1 Å². The lowest BCUT2D eigenvalue weighted by atomic mass is 10.0. The first kappa shape index (κ1) is 67.1. The number of aliphatic carboxylic acids is 1. The van der Waals surface area contributed by atoms with Gasteiger partial charge < -0.3 is 84.4 Å². The van der Waals surface area contributed by atoms with E-state index >= 15 is 0 Å². The number of nitrogens with one attached hydrogen (secondary N) is 10. The van der Waals surface area contributed by atoms with E-state index in [0.717, 1.165) is 6.92 Å². The van der Waals surface area contributed by atoms with Gasteiger partial charge in [0, 0.05) is 24.7 Å². The molecule has 2 aromatic rings. The Morgan fingerprint density at radius 1 is 0.692 bits per heavy atom. The fraction of sp³-hybridized carbons (Fsp3) is 0.600. The highest BCUT2D eigenvalue weighted by molar-refractivity contribution is 7.98. The number of hydrogen-bond acceptors (Lipinski definition) is 17. The lowest BCUT2D eigenvalue weighted by molar-refractivity contribution is -0.142. The Morgan fingerprint density at radius 3 is 1.85 bits per heavy atom. The van der Waals surface area contributed by atoms with Crippen LogP contribution in [0.1, 0.15) is 84.4 Å². The van der Waals surface area contributed by atoms with Gasteiger partial charge in [-0.15, -0.1) is 0 Å². The van der Waals surface area contributed by atoms with Crippen LogP contribution in [0.4, 0.5) is 0 Å². The Balaban J connectivity index is 2.27. The van der Waals surface area contributed by atoms with Gasteiger partial charge >= 0.3 is 5.97 Å². The van der Waals surface area contributed by atoms with Crippen molar-refractivity contribution in [3.8, 4) is 0 Å². The lowest BCUT2D eigenvalue weighted by Crippen LogP contribution is -2.62. The zero-order valence-corrected chi connectivity index (χ0v) is 45.7. The molecule has 0 fully saturated rings. The molecule has 0 aliphatic heterocycles. The summed E-state index contributed by atoms with van der Waals surface area (Å²) in [4.78, 5) is 152. The molecule has 1 aromatic carbocycles. The van der Waals surface area contributed by atoms with Crippen LogP contribution in [0.3, 0.4) is 0 Å². The van der Waals surface area contributed by atoms with Crippen molar-refractivity contribution in [3.63, 3.8) is 0 Å². The third kappa shape index (κ3) is 24.5. The Kier molecular flexibility index (Phi) is 30.5. The molecular formula is C50H79N13O14S. The second-order valence-corrected chi connectivity index (χ2v) is 20.3. The SMILES string of the molecule is CSCC[C@@H](C=O)NC(=O)[C@H](CC(C)C)NC(=O)CNC(=O)[C@@H](NC(=O)[C@H](Cc1ccccc1)NC(=O)[C@H](CO)NC(=O)[C@H](CC(=O)O)NC(=O)[C@@H](NC(=O)[C@H](CCCCN)NC(=O)[C@@H](N)Cc1cnc[nH]1)[C@@H](C)O)C(C)C. The van der Waals surface area contributed by atoms with E-state index in [4.69, 9.17) is 11.5 Å². The van der Waals surface area contributed by atoms with Gasteiger partial charge in [-0.25, -0.2) is 4.98 Å². The Bertz CT molecular complexity index is 2280. The molecule has 0 bridgehead atoms. The average molecular weight is 1120 g/mol. The molecule has 0 aliphatic carbocycles. The molecule has 9 amide bonds. The molecule has 0 unspecified atom stereocenters. The maximum absolute atomic E-state index is 14.1. The standard InChI is InChI=1S/C50H79N13O14S/c1-27(2)18-35(45(72)56-31(24-64)15-17-78-6)57-39(67)23-54-49(76)41(28(3)4)62-47(74)36(19-30-12-8-7-9-13-30)59-48(75)38(25-65)61-46(73)37(21-40(68)69)60-50(77)42(29(5)66)63-44(71)34(14-10-11-16-51)58-43(70)33(52)20-32-22-53-26-55-32/h7-9,12-13,22,24,26-29,31,33-38,41-42,65-66H,10-11,14-21,23,25,51-52H2,1-6H3,(H,53,55)(H,54,76)(H,56,72)(H,57,67)(H,58,70)(H,59,75)(H,60,77)(H,61,73)(H,62,74)(H,63,71)(H,68,69)/t29-,31+,33+,34+,35+,36+,37+,38+,41+,42+/m1/s1. The summed E-state index contributed by atoms with van der Waals surface area (Å²) in [6.45, 7) is 6.53. The van der Waals surface area contributed by atoms with E-state index in [1.54, 1.807) is 44.2 Å². The predicted molar refractivity (Wildman–Crippen MR) is 286 cm³/mol. The van der Waals surface area contributed by atoms with E-state index in [9.17, 15) is 68.1 Å². The molecule has 17 N–H and O–H groups in total. The number of H-pyrrole nitrogens is 1. The molecule has 10 atom stereocenters. The van der Waals surface area contributed by atoms with Crippen molar-refractivity contribution in [1.29, 1.82) is 0 Å². The van der Waals surface area contributed by atoms with E-state index < -0.39 is 145 Å². The van der Waals surface area contributed by atoms with Gasteiger partial charge in [0.1, 0.15) is 48.6 Å². The summed E-state index contributed by atoms with van der Waals surface area (Å²) in [6, 6.07) is -4.44. The van der Waals surface area contributed by atoms with E-state index in [2.05, 4.69) is 57.8 Å². The number of aliphatic hydroxyl groups excluding tert-OH is 2. The van der Waals surface area contributed by atoms with Gasteiger partial charge in [0.05, 0.1) is 44.1 Å². The predicted octanol–water partition coefficient (Wildman–Crippen LogP) is -3.85. The molecule has 0 saturated heterocycles. The maximum Gasteiger partial charge on any atom is 0.305 e. The number of unbranched alkanes of at least 4 members (excludes halogenated alkanes) is 1. The number of aromatic amines is 1. The van der Waals surface area contributed by atoms with Crippen molar-refractivity contribution in [1.82, 2.24) is 57.8 Å². The maximum atomic E-state index is 14.1. The molecule has 78 heavy (non-hydrogen) atoms. The third-order valence-corrected chi connectivity index (χ3v) is 12.5. The van der Waals surface area contributed by atoms with Crippen LogP contribution in [0, 0.1) is 11.8 Å².